The summed E-state index contributed by atoms with van der Waals surface area (Å²) in [6.45, 7) is 2.26. The standard InChI is InChI=1S/C13H22N4O/c1-9-12(14-2)15-8-16-13(9)17-11-6-4-3-5-10(11)7-18/h8,10-11,18H,3-7H2,1-2H3,(H2,14,15,16,17). The van der Waals surface area contributed by atoms with E-state index in [1.807, 2.05) is 14.0 Å². The Bertz CT molecular complexity index is 397. The van der Waals surface area contributed by atoms with Gasteiger partial charge in [-0.05, 0) is 19.8 Å². The maximum absolute atomic E-state index is 9.42. The topological polar surface area (TPSA) is 70.1 Å². The maximum Gasteiger partial charge on any atom is 0.134 e. The first-order valence-electron chi connectivity index (χ1n) is 6.63. The first-order chi connectivity index (χ1) is 8.76. The monoisotopic (exact) mass is 250 g/mol. The molecule has 1 aromatic heterocycles. The zero-order valence-corrected chi connectivity index (χ0v) is 11.1. The summed E-state index contributed by atoms with van der Waals surface area (Å²) in [5.41, 5.74) is 1.03. The third-order valence-electron chi connectivity index (χ3n) is 3.79. The van der Waals surface area contributed by atoms with Gasteiger partial charge in [0, 0.05) is 31.2 Å². The molecular weight excluding hydrogens is 228 g/mol. The number of aliphatic hydroxyl groups is 1. The molecule has 1 fully saturated rings. The van der Waals surface area contributed by atoms with Crippen LogP contribution in [0.2, 0.25) is 0 Å². The largest absolute Gasteiger partial charge is 0.396 e. The second kappa shape index (κ2) is 6.00. The van der Waals surface area contributed by atoms with E-state index in [0.717, 1.165) is 30.0 Å². The van der Waals surface area contributed by atoms with Crippen molar-refractivity contribution in [2.24, 2.45) is 5.92 Å². The lowest BCUT2D eigenvalue weighted by atomic mass is 9.85. The first kappa shape index (κ1) is 13.1. The van der Waals surface area contributed by atoms with Crippen LogP contribution in [0.15, 0.2) is 6.33 Å². The van der Waals surface area contributed by atoms with Crippen LogP contribution >= 0.6 is 0 Å². The summed E-state index contributed by atoms with van der Waals surface area (Å²) in [6, 6.07) is 0.321. The van der Waals surface area contributed by atoms with Crippen LogP contribution in [0.4, 0.5) is 11.6 Å². The van der Waals surface area contributed by atoms with Gasteiger partial charge in [-0.15, -0.1) is 0 Å². The van der Waals surface area contributed by atoms with Crippen LogP contribution in [0.5, 0.6) is 0 Å². The van der Waals surface area contributed by atoms with E-state index in [1.54, 1.807) is 6.33 Å². The molecule has 5 nitrogen and oxygen atoms in total. The molecule has 0 spiro atoms. The highest BCUT2D eigenvalue weighted by Crippen LogP contribution is 2.28. The Morgan fingerprint density at radius 2 is 2.00 bits per heavy atom. The molecule has 1 aromatic rings. The molecule has 1 heterocycles. The van der Waals surface area contributed by atoms with Crippen molar-refractivity contribution in [1.82, 2.24) is 9.97 Å². The summed E-state index contributed by atoms with van der Waals surface area (Å²) in [5.74, 6) is 2.06. The lowest BCUT2D eigenvalue weighted by Crippen LogP contribution is -2.35. The summed E-state index contributed by atoms with van der Waals surface area (Å²) < 4.78 is 0. The van der Waals surface area contributed by atoms with Crippen molar-refractivity contribution in [3.8, 4) is 0 Å². The molecule has 1 aliphatic carbocycles. The number of aliphatic hydroxyl groups excluding tert-OH is 1. The second-order valence-electron chi connectivity index (χ2n) is 4.92. The first-order valence-corrected chi connectivity index (χ1v) is 6.63. The molecule has 2 atom stereocenters. The van der Waals surface area contributed by atoms with E-state index >= 15 is 0 Å². The molecule has 3 N–H and O–H groups in total. The average molecular weight is 250 g/mol. The molecule has 0 saturated heterocycles. The highest BCUT2D eigenvalue weighted by molar-refractivity contribution is 5.56. The average Bonchev–Trinajstić information content (AvgIpc) is 2.42. The highest BCUT2D eigenvalue weighted by Gasteiger charge is 2.25. The molecule has 0 amide bonds. The molecular formula is C13H22N4O. The van der Waals surface area contributed by atoms with Crippen LogP contribution in [0.3, 0.4) is 0 Å². The summed E-state index contributed by atoms with van der Waals surface area (Å²) in [6.07, 6.45) is 6.20. The van der Waals surface area contributed by atoms with Crippen LogP contribution in [0.25, 0.3) is 0 Å². The molecule has 5 heteroatoms. The van der Waals surface area contributed by atoms with Crippen LogP contribution in [0.1, 0.15) is 31.2 Å². The van der Waals surface area contributed by atoms with E-state index in [9.17, 15) is 5.11 Å². The molecule has 2 rings (SSSR count). The Morgan fingerprint density at radius 3 is 2.72 bits per heavy atom. The van der Waals surface area contributed by atoms with Gasteiger partial charge in [-0.2, -0.15) is 0 Å². The van der Waals surface area contributed by atoms with Crippen molar-refractivity contribution >= 4 is 11.6 Å². The molecule has 1 saturated carbocycles. The van der Waals surface area contributed by atoms with Gasteiger partial charge in [0.25, 0.3) is 0 Å². The number of hydrogen-bond acceptors (Lipinski definition) is 5. The lowest BCUT2D eigenvalue weighted by molar-refractivity contribution is 0.178. The van der Waals surface area contributed by atoms with Gasteiger partial charge >= 0.3 is 0 Å². The minimum absolute atomic E-state index is 0.251. The summed E-state index contributed by atoms with van der Waals surface area (Å²) in [4.78, 5) is 8.48. The summed E-state index contributed by atoms with van der Waals surface area (Å²) >= 11 is 0. The van der Waals surface area contributed by atoms with Crippen molar-refractivity contribution in [3.63, 3.8) is 0 Å². The molecule has 0 aliphatic heterocycles. The van der Waals surface area contributed by atoms with Crippen LogP contribution < -0.4 is 10.6 Å². The minimum atomic E-state index is 0.251. The van der Waals surface area contributed by atoms with Gasteiger partial charge in [0.05, 0.1) is 0 Å². The molecule has 0 aromatic carbocycles. The Morgan fingerprint density at radius 1 is 1.28 bits per heavy atom. The van der Waals surface area contributed by atoms with Gasteiger partial charge in [-0.1, -0.05) is 12.8 Å². The van der Waals surface area contributed by atoms with E-state index in [2.05, 4.69) is 20.6 Å². The van der Waals surface area contributed by atoms with Crippen molar-refractivity contribution in [1.29, 1.82) is 0 Å². The van der Waals surface area contributed by atoms with Crippen molar-refractivity contribution in [2.45, 2.75) is 38.6 Å². The predicted octanol–water partition coefficient (Wildman–Crippen LogP) is 1.79. The van der Waals surface area contributed by atoms with Crippen LogP contribution in [-0.4, -0.2) is 34.8 Å². The molecule has 2 unspecified atom stereocenters. The Labute approximate surface area is 108 Å². The maximum atomic E-state index is 9.42. The van der Waals surface area contributed by atoms with Gasteiger partial charge in [-0.3, -0.25) is 0 Å². The van der Waals surface area contributed by atoms with Crippen molar-refractivity contribution < 1.29 is 5.11 Å². The third kappa shape index (κ3) is 2.72. The van der Waals surface area contributed by atoms with Crippen molar-refractivity contribution in [2.75, 3.05) is 24.3 Å². The summed E-state index contributed by atoms with van der Waals surface area (Å²) in [7, 11) is 1.86. The fourth-order valence-corrected chi connectivity index (χ4v) is 2.64. The number of rotatable bonds is 4. The number of nitrogens with one attached hydrogen (secondary N) is 2. The van der Waals surface area contributed by atoms with Gasteiger partial charge in [0.15, 0.2) is 0 Å². The Hall–Kier alpha value is -1.36. The Balaban J connectivity index is 2.12. The SMILES string of the molecule is CNc1ncnc(NC2CCCCC2CO)c1C. The fraction of sp³-hybridized carbons (Fsp3) is 0.692. The Kier molecular flexibility index (Phi) is 4.36. The smallest absolute Gasteiger partial charge is 0.134 e. The van der Waals surface area contributed by atoms with E-state index < -0.39 is 0 Å². The van der Waals surface area contributed by atoms with Gasteiger partial charge < -0.3 is 15.7 Å². The van der Waals surface area contributed by atoms with E-state index in [4.69, 9.17) is 0 Å². The van der Waals surface area contributed by atoms with Crippen LogP contribution in [0, 0.1) is 12.8 Å². The second-order valence-corrected chi connectivity index (χ2v) is 4.92. The zero-order valence-electron chi connectivity index (χ0n) is 11.1. The lowest BCUT2D eigenvalue weighted by Gasteiger charge is -2.31. The fourth-order valence-electron chi connectivity index (χ4n) is 2.64. The number of hydrogen-bond donors (Lipinski definition) is 3. The molecule has 1 aliphatic rings. The van der Waals surface area contributed by atoms with Crippen molar-refractivity contribution in [3.05, 3.63) is 11.9 Å². The molecule has 0 bridgehead atoms. The van der Waals surface area contributed by atoms with E-state index in [-0.39, 0.29) is 6.61 Å². The molecule has 0 radical (unpaired) electrons. The van der Waals surface area contributed by atoms with E-state index in [0.29, 0.717) is 12.0 Å². The number of nitrogens with zero attached hydrogens (tertiary/aromatic N) is 2. The summed E-state index contributed by atoms with van der Waals surface area (Å²) in [5, 5.41) is 16.0. The minimum Gasteiger partial charge on any atom is -0.396 e. The molecule has 100 valence electrons. The van der Waals surface area contributed by atoms with Gasteiger partial charge in [0.1, 0.15) is 18.0 Å². The van der Waals surface area contributed by atoms with Crippen LogP contribution in [-0.2, 0) is 0 Å². The third-order valence-corrected chi connectivity index (χ3v) is 3.79. The quantitative estimate of drug-likeness (QED) is 0.760. The van der Waals surface area contributed by atoms with Gasteiger partial charge in [0.2, 0.25) is 0 Å². The highest BCUT2D eigenvalue weighted by atomic mass is 16.3. The number of aromatic nitrogens is 2. The zero-order chi connectivity index (χ0) is 13.0. The normalized spacial score (nSPS) is 23.7. The molecule has 18 heavy (non-hydrogen) atoms. The van der Waals surface area contributed by atoms with E-state index in [1.165, 1.54) is 12.8 Å². The van der Waals surface area contributed by atoms with Gasteiger partial charge in [-0.25, -0.2) is 9.97 Å². The number of anilines is 2. The predicted molar refractivity (Wildman–Crippen MR) is 72.8 cm³/mol.